The fraction of sp³-hybridized carbons (Fsp3) is 1.00. The smallest absolute Gasteiger partial charge is 0.416 e. The zero-order chi connectivity index (χ0) is 27.6. The Kier molecular flexibility index (Phi) is 9.25. The second-order valence-electron chi connectivity index (χ2n) is 12.5. The fourth-order valence-corrected chi connectivity index (χ4v) is 53.1. The monoisotopic (exact) mass is 652 g/mol. The van der Waals surface area contributed by atoms with Gasteiger partial charge in [-0.3, -0.25) is 0 Å². The van der Waals surface area contributed by atoms with Gasteiger partial charge in [0.2, 0.25) is 0 Å². The van der Waals surface area contributed by atoms with E-state index in [1.165, 1.54) is 0 Å². The summed E-state index contributed by atoms with van der Waals surface area (Å²) in [6.07, 6.45) is 0. The van der Waals surface area contributed by atoms with Gasteiger partial charge in [0, 0.05) is 13.1 Å². The molecule has 35 heavy (non-hydrogen) atoms. The molecule has 2 saturated heterocycles. The van der Waals surface area contributed by atoms with Gasteiger partial charge in [-0.05, 0) is 91.7 Å². The summed E-state index contributed by atoms with van der Waals surface area (Å²) in [5.41, 5.74) is 0. The first-order valence-electron chi connectivity index (χ1n) is 12.1. The molecule has 0 saturated carbocycles. The van der Waals surface area contributed by atoms with Crippen LogP contribution in [0.1, 0.15) is 0 Å². The van der Waals surface area contributed by atoms with E-state index in [1.54, 1.807) is 0 Å². The second kappa shape index (κ2) is 9.88. The molecule has 2 rings (SSSR count). The zero-order valence-corrected chi connectivity index (χ0v) is 33.6. The van der Waals surface area contributed by atoms with Crippen LogP contribution >= 0.6 is 0 Å². The van der Waals surface area contributed by atoms with E-state index in [4.69, 9.17) is 41.2 Å². The van der Waals surface area contributed by atoms with Crippen LogP contribution < -0.4 is 0 Å². The summed E-state index contributed by atoms with van der Waals surface area (Å²) in [5.74, 6) is 0. The largest absolute Gasteiger partial charge is 0.472 e. The van der Waals surface area contributed by atoms with Crippen molar-refractivity contribution in [2.75, 3.05) is 0 Å². The molecule has 208 valence electrons. The molecule has 0 aliphatic carbocycles. The topological polar surface area (TPSA) is 92.3 Å². The van der Waals surface area contributed by atoms with Crippen molar-refractivity contribution >= 4 is 77.5 Å². The van der Waals surface area contributed by atoms with E-state index in [-0.39, 0.29) is 0 Å². The molecule has 0 atom stereocenters. The summed E-state index contributed by atoms with van der Waals surface area (Å²) in [6, 6.07) is 0. The van der Waals surface area contributed by atoms with Gasteiger partial charge in [-0.15, -0.1) is 0 Å². The van der Waals surface area contributed by atoms with Crippen LogP contribution in [0.5, 0.6) is 0 Å². The van der Waals surface area contributed by atoms with Gasteiger partial charge in [0.25, 0.3) is 0 Å². The molecule has 2 aliphatic heterocycles. The Bertz CT molecular complexity index is 738. The van der Waals surface area contributed by atoms with Crippen molar-refractivity contribution in [1.29, 1.82) is 0 Å². The Hall–Kier alpha value is 1.55. The van der Waals surface area contributed by atoms with Crippen molar-refractivity contribution < 1.29 is 41.2 Å². The normalized spacial score (nSPS) is 32.6. The van der Waals surface area contributed by atoms with Gasteiger partial charge in [0.05, 0.1) is 0 Å². The molecule has 0 radical (unpaired) electrons. The maximum absolute atomic E-state index is 6.83. The molecular weight excluding hydrogens is 605 g/mol. The first-order valence-corrected chi connectivity index (χ1v) is 36.2. The van der Waals surface area contributed by atoms with Gasteiger partial charge >= 0.3 is 77.5 Å². The van der Waals surface area contributed by atoms with E-state index in [0.717, 1.165) is 0 Å². The number of hydrogen-bond acceptors (Lipinski definition) is 10. The van der Waals surface area contributed by atoms with Crippen LogP contribution in [-0.2, 0) is 41.2 Å². The number of hydrogen-bond donors (Lipinski definition) is 0. The highest BCUT2D eigenvalue weighted by molar-refractivity contribution is 6.96. The second-order valence-corrected chi connectivity index (χ2v) is 43.8. The highest BCUT2D eigenvalue weighted by Crippen LogP contribution is 2.36. The maximum Gasteiger partial charge on any atom is 0.472 e. The van der Waals surface area contributed by atoms with Gasteiger partial charge in [0.1, 0.15) is 0 Å². The van der Waals surface area contributed by atoms with E-state index in [9.17, 15) is 0 Å². The molecule has 0 bridgehead atoms. The van der Waals surface area contributed by atoms with Crippen molar-refractivity contribution in [1.82, 2.24) is 0 Å². The summed E-state index contributed by atoms with van der Waals surface area (Å²) in [5, 5.41) is 0. The Morgan fingerprint density at radius 2 is 0.400 bits per heavy atom. The minimum absolute atomic E-state index is 1.90. The van der Waals surface area contributed by atoms with Gasteiger partial charge in [-0.1, -0.05) is 0 Å². The van der Waals surface area contributed by atoms with Crippen molar-refractivity contribution in [3.63, 3.8) is 0 Å². The molecule has 0 aromatic heterocycles. The quantitative estimate of drug-likeness (QED) is 0.369. The average molecular weight is 653 g/mol. The van der Waals surface area contributed by atoms with E-state index in [0.29, 0.717) is 0 Å². The highest BCUT2D eigenvalue weighted by Gasteiger charge is 2.61. The summed E-state index contributed by atoms with van der Waals surface area (Å²) >= 11 is 0. The van der Waals surface area contributed by atoms with Crippen LogP contribution in [-0.4, -0.2) is 77.5 Å². The maximum atomic E-state index is 6.83. The van der Waals surface area contributed by atoms with Crippen molar-refractivity contribution in [2.24, 2.45) is 0 Å². The molecule has 0 N–H and O–H groups in total. The Balaban J connectivity index is 2.51. The first kappa shape index (κ1) is 32.8. The van der Waals surface area contributed by atoms with E-state index in [1.807, 2.05) is 105 Å². The van der Waals surface area contributed by atoms with Gasteiger partial charge in [-0.2, -0.15) is 0 Å². The molecular formula is C16H48O10Si9. The predicted octanol–water partition coefficient (Wildman–Crippen LogP) is 5.23. The van der Waals surface area contributed by atoms with E-state index in [2.05, 4.69) is 0 Å². The van der Waals surface area contributed by atoms with E-state index < -0.39 is 77.5 Å². The van der Waals surface area contributed by atoms with Gasteiger partial charge in [0.15, 0.2) is 0 Å². The molecule has 0 unspecified atom stereocenters. The minimum Gasteiger partial charge on any atom is -0.416 e. The third-order valence-electron chi connectivity index (χ3n) is 4.55. The van der Waals surface area contributed by atoms with Crippen LogP contribution in [0.3, 0.4) is 0 Å². The minimum atomic E-state index is -3.41. The first-order chi connectivity index (χ1) is 15.1. The van der Waals surface area contributed by atoms with Gasteiger partial charge in [-0.25, -0.2) is 0 Å². The van der Waals surface area contributed by atoms with Crippen molar-refractivity contribution in [3.8, 4) is 0 Å². The summed E-state index contributed by atoms with van der Waals surface area (Å²) < 4.78 is 66.2. The SMILES string of the molecule is C[Si]1(C)O[Si](C)(C)O[Si](C)(C)O[Si](C)(O[Si]2(C)O[Si](C)(C)O[Si](C)(C)O[Si](C)(C)O2)O[Si](C)(C)O1. The van der Waals surface area contributed by atoms with Crippen LogP contribution in [0, 0.1) is 0 Å². The lowest BCUT2D eigenvalue weighted by atomic mass is 11.9. The van der Waals surface area contributed by atoms with Crippen molar-refractivity contribution in [2.45, 2.75) is 105 Å². The molecule has 2 aliphatic rings. The molecule has 0 amide bonds. The lowest BCUT2D eigenvalue weighted by molar-refractivity contribution is 0.132. The molecule has 19 heteroatoms. The molecule has 0 spiro atoms. The van der Waals surface area contributed by atoms with Gasteiger partial charge < -0.3 is 41.2 Å². The highest BCUT2D eigenvalue weighted by atomic mass is 28.6. The van der Waals surface area contributed by atoms with Crippen molar-refractivity contribution in [3.05, 3.63) is 0 Å². The fourth-order valence-electron chi connectivity index (χ4n) is 5.35. The molecule has 0 aromatic carbocycles. The Morgan fingerprint density at radius 1 is 0.257 bits per heavy atom. The Morgan fingerprint density at radius 3 is 0.571 bits per heavy atom. The van der Waals surface area contributed by atoms with E-state index >= 15 is 0 Å². The number of rotatable bonds is 2. The lowest BCUT2D eigenvalue weighted by Crippen LogP contribution is -2.71. The lowest BCUT2D eigenvalue weighted by Gasteiger charge is -2.50. The summed E-state index contributed by atoms with van der Waals surface area (Å²) in [4.78, 5) is 0. The molecule has 0 aromatic rings. The standard InChI is InChI=1S/C16H48O10Si9/c1-27(2)17-28(3,4)19-31(9,10)23-34(15,22-30(7,8)18-27)26-35(16)24-32(11,12)20-29(5,6)21-33(13,14)25-35/h1-16H3. The van der Waals surface area contributed by atoms with Crippen LogP contribution in [0.2, 0.25) is 105 Å². The predicted molar refractivity (Wildman–Crippen MR) is 156 cm³/mol. The Labute approximate surface area is 222 Å². The van der Waals surface area contributed by atoms with Crippen LogP contribution in [0.4, 0.5) is 0 Å². The third-order valence-corrected chi connectivity index (χ3v) is 41.0. The molecule has 2 heterocycles. The summed E-state index contributed by atoms with van der Waals surface area (Å²) in [6.45, 7) is 32.1. The zero-order valence-electron chi connectivity index (χ0n) is 24.6. The average Bonchev–Trinajstić information content (AvgIpc) is 2.30. The van der Waals surface area contributed by atoms with Crippen LogP contribution in [0.15, 0.2) is 0 Å². The summed E-state index contributed by atoms with van der Waals surface area (Å²) in [7, 11) is -25.0. The van der Waals surface area contributed by atoms with Crippen LogP contribution in [0.25, 0.3) is 0 Å². The molecule has 2 fully saturated rings. The molecule has 10 nitrogen and oxygen atoms in total. The third kappa shape index (κ3) is 10.6.